The van der Waals surface area contributed by atoms with Crippen molar-refractivity contribution < 1.29 is 28.3 Å². The monoisotopic (exact) mass is 444 g/mol. The summed E-state index contributed by atoms with van der Waals surface area (Å²) in [6, 6.07) is 8.45. The first-order valence-corrected chi connectivity index (χ1v) is 10.3. The molecule has 0 fully saturated rings. The normalized spacial score (nSPS) is 11.5. The summed E-state index contributed by atoms with van der Waals surface area (Å²) in [6.07, 6.45) is -0.632. The summed E-state index contributed by atoms with van der Waals surface area (Å²) >= 11 is 1.26. The predicted molar refractivity (Wildman–Crippen MR) is 114 cm³/mol. The van der Waals surface area contributed by atoms with Gasteiger partial charge in [0.05, 0.1) is 11.5 Å². The van der Waals surface area contributed by atoms with Crippen LogP contribution in [0.5, 0.6) is 0 Å². The van der Waals surface area contributed by atoms with Gasteiger partial charge in [-0.25, -0.2) is 14.4 Å². The number of hydrogen-bond acceptors (Lipinski definition) is 8. The van der Waals surface area contributed by atoms with E-state index in [2.05, 4.69) is 10.6 Å². The Morgan fingerprint density at radius 2 is 1.97 bits per heavy atom. The average Bonchev–Trinajstić information content (AvgIpc) is 3.26. The van der Waals surface area contributed by atoms with Gasteiger partial charge in [0, 0.05) is 28.8 Å². The fourth-order valence-corrected chi connectivity index (χ4v) is 3.35. The Balaban J connectivity index is 1.69. The Morgan fingerprint density at radius 3 is 2.68 bits per heavy atom. The molecular formula is C21H20N2O7S. The lowest BCUT2D eigenvalue weighted by atomic mass is 10.1. The zero-order valence-corrected chi connectivity index (χ0v) is 17.6. The van der Waals surface area contributed by atoms with Crippen LogP contribution < -0.4 is 16.3 Å². The van der Waals surface area contributed by atoms with Crippen LogP contribution in [-0.4, -0.2) is 30.6 Å². The van der Waals surface area contributed by atoms with Gasteiger partial charge in [-0.2, -0.15) is 0 Å². The van der Waals surface area contributed by atoms with Crippen LogP contribution in [0.15, 0.2) is 51.0 Å². The van der Waals surface area contributed by atoms with Gasteiger partial charge in [0.25, 0.3) is 5.91 Å². The number of carbonyl (C=O) groups is 3. The molecule has 0 aliphatic rings. The van der Waals surface area contributed by atoms with E-state index in [1.165, 1.54) is 30.4 Å². The van der Waals surface area contributed by atoms with E-state index in [1.54, 1.807) is 36.6 Å². The molecule has 0 saturated carbocycles. The van der Waals surface area contributed by atoms with E-state index in [9.17, 15) is 19.2 Å². The molecule has 3 aromatic rings. The molecule has 2 heterocycles. The summed E-state index contributed by atoms with van der Waals surface area (Å²) < 4.78 is 15.3. The van der Waals surface area contributed by atoms with Crippen LogP contribution in [0.1, 0.15) is 29.1 Å². The van der Waals surface area contributed by atoms with Crippen LogP contribution >= 0.6 is 11.3 Å². The molecular weight excluding hydrogens is 424 g/mol. The maximum absolute atomic E-state index is 12.3. The Kier molecular flexibility index (Phi) is 7.03. The molecule has 10 heteroatoms. The Morgan fingerprint density at radius 1 is 1.16 bits per heavy atom. The van der Waals surface area contributed by atoms with Crippen molar-refractivity contribution in [2.75, 3.05) is 11.9 Å². The molecule has 0 bridgehead atoms. The number of rotatable bonds is 7. The van der Waals surface area contributed by atoms with E-state index < -0.39 is 23.7 Å². The van der Waals surface area contributed by atoms with Gasteiger partial charge in [-0.05, 0) is 37.4 Å². The third-order valence-corrected chi connectivity index (χ3v) is 5.04. The molecule has 2 aromatic heterocycles. The van der Waals surface area contributed by atoms with Crippen LogP contribution in [0.3, 0.4) is 0 Å². The van der Waals surface area contributed by atoms with E-state index >= 15 is 0 Å². The Labute approximate surface area is 181 Å². The van der Waals surface area contributed by atoms with E-state index in [0.29, 0.717) is 21.5 Å². The zero-order valence-electron chi connectivity index (χ0n) is 16.8. The van der Waals surface area contributed by atoms with Gasteiger partial charge in [-0.15, -0.1) is 11.3 Å². The summed E-state index contributed by atoms with van der Waals surface area (Å²) in [6.45, 7) is 3.22. The number of benzene rings is 1. The topological polar surface area (TPSA) is 124 Å². The van der Waals surface area contributed by atoms with Gasteiger partial charge >= 0.3 is 17.7 Å². The van der Waals surface area contributed by atoms with Crippen molar-refractivity contribution in [3.8, 4) is 0 Å². The Bertz CT molecular complexity index is 1150. The lowest BCUT2D eigenvalue weighted by molar-refractivity contribution is -0.146. The van der Waals surface area contributed by atoms with Crippen molar-refractivity contribution in [1.29, 1.82) is 0 Å². The van der Waals surface area contributed by atoms with Gasteiger partial charge < -0.3 is 19.2 Å². The maximum Gasteiger partial charge on any atom is 0.411 e. The molecule has 2 N–H and O–H groups in total. The highest BCUT2D eigenvalue weighted by atomic mass is 32.1. The second-order valence-corrected chi connectivity index (χ2v) is 7.37. The lowest BCUT2D eigenvalue weighted by Gasteiger charge is -2.13. The molecule has 2 amide bonds. The third kappa shape index (κ3) is 5.70. The third-order valence-electron chi connectivity index (χ3n) is 4.17. The van der Waals surface area contributed by atoms with Gasteiger partial charge in [0.2, 0.25) is 0 Å². The summed E-state index contributed by atoms with van der Waals surface area (Å²) in [5.74, 6) is -1.02. The minimum absolute atomic E-state index is 0.190. The first kappa shape index (κ1) is 22.0. The Hall–Kier alpha value is -3.66. The van der Waals surface area contributed by atoms with Crippen molar-refractivity contribution in [1.82, 2.24) is 5.32 Å². The van der Waals surface area contributed by atoms with Crippen LogP contribution in [0.25, 0.3) is 11.0 Å². The summed E-state index contributed by atoms with van der Waals surface area (Å²) in [5.41, 5.74) is 0.394. The van der Waals surface area contributed by atoms with Gasteiger partial charge in [0.1, 0.15) is 18.2 Å². The summed E-state index contributed by atoms with van der Waals surface area (Å²) in [4.78, 5) is 48.3. The summed E-state index contributed by atoms with van der Waals surface area (Å²) in [5, 5.41) is 7.39. The number of anilines is 1. The van der Waals surface area contributed by atoms with E-state index in [1.807, 2.05) is 0 Å². The van der Waals surface area contributed by atoms with Crippen LogP contribution in [0, 0.1) is 0 Å². The molecule has 0 aliphatic heterocycles. The van der Waals surface area contributed by atoms with Gasteiger partial charge in [-0.3, -0.25) is 10.1 Å². The smallest absolute Gasteiger partial charge is 0.411 e. The summed E-state index contributed by atoms with van der Waals surface area (Å²) in [7, 11) is 0. The van der Waals surface area contributed by atoms with Crippen LogP contribution in [0.2, 0.25) is 0 Å². The predicted octanol–water partition coefficient (Wildman–Crippen LogP) is 3.28. The highest BCUT2D eigenvalue weighted by molar-refractivity contribution is 7.12. The largest absolute Gasteiger partial charge is 0.459 e. The van der Waals surface area contributed by atoms with Crippen LogP contribution in [0.4, 0.5) is 10.5 Å². The SMILES string of the molecule is CCOC(=O)Nc1ccc2c(COC(=O)C(C)NC(=O)c3cccs3)cc(=O)oc2c1. The molecule has 0 radical (unpaired) electrons. The zero-order chi connectivity index (χ0) is 22.4. The maximum atomic E-state index is 12.3. The minimum Gasteiger partial charge on any atom is -0.459 e. The number of esters is 1. The number of amides is 2. The minimum atomic E-state index is -0.874. The number of nitrogens with one attached hydrogen (secondary N) is 2. The van der Waals surface area contributed by atoms with E-state index in [0.717, 1.165) is 0 Å². The number of carbonyl (C=O) groups excluding carboxylic acids is 3. The van der Waals surface area contributed by atoms with E-state index in [-0.39, 0.29) is 24.7 Å². The molecule has 1 aromatic carbocycles. The second kappa shape index (κ2) is 9.90. The molecule has 0 spiro atoms. The first-order valence-electron chi connectivity index (χ1n) is 9.39. The lowest BCUT2D eigenvalue weighted by Crippen LogP contribution is -2.39. The molecule has 1 atom stereocenters. The number of fused-ring (bicyclic) bond motifs is 1. The number of hydrogen-bond donors (Lipinski definition) is 2. The number of ether oxygens (including phenoxy) is 2. The van der Waals surface area contributed by atoms with E-state index in [4.69, 9.17) is 13.9 Å². The highest BCUT2D eigenvalue weighted by Gasteiger charge is 2.19. The molecule has 1 unspecified atom stereocenters. The van der Waals surface area contributed by atoms with Gasteiger partial charge in [0.15, 0.2) is 0 Å². The highest BCUT2D eigenvalue weighted by Crippen LogP contribution is 2.22. The van der Waals surface area contributed by atoms with Gasteiger partial charge in [-0.1, -0.05) is 6.07 Å². The molecule has 0 saturated heterocycles. The first-order chi connectivity index (χ1) is 14.9. The quantitative estimate of drug-likeness (QED) is 0.423. The van der Waals surface area contributed by atoms with Crippen molar-refractivity contribution >= 4 is 46.0 Å². The average molecular weight is 444 g/mol. The fourth-order valence-electron chi connectivity index (χ4n) is 2.72. The molecule has 3 rings (SSSR count). The fraction of sp³-hybridized carbons (Fsp3) is 0.238. The number of thiophene rings is 1. The second-order valence-electron chi connectivity index (χ2n) is 6.43. The van der Waals surface area contributed by atoms with Crippen molar-refractivity contribution in [3.63, 3.8) is 0 Å². The van der Waals surface area contributed by atoms with Crippen molar-refractivity contribution in [3.05, 3.63) is 62.6 Å². The standard InChI is InChI=1S/C21H20N2O7S/c1-3-28-21(27)23-14-6-7-15-13(9-18(24)30-16(15)10-14)11-29-20(26)12(2)22-19(25)17-5-4-8-31-17/h4-10,12H,3,11H2,1-2H3,(H,22,25)(H,23,27). The van der Waals surface area contributed by atoms with Crippen molar-refractivity contribution in [2.24, 2.45) is 0 Å². The molecule has 9 nitrogen and oxygen atoms in total. The molecule has 31 heavy (non-hydrogen) atoms. The molecule has 0 aliphatic carbocycles. The van der Waals surface area contributed by atoms with Crippen molar-refractivity contribution in [2.45, 2.75) is 26.5 Å². The van der Waals surface area contributed by atoms with Crippen LogP contribution in [-0.2, 0) is 20.9 Å². The molecule has 162 valence electrons.